The van der Waals surface area contributed by atoms with E-state index >= 15 is 0 Å². The Bertz CT molecular complexity index is 811. The molecule has 0 aliphatic carbocycles. The molecule has 3 nitrogen and oxygen atoms in total. The minimum atomic E-state index is -3.59. The summed E-state index contributed by atoms with van der Waals surface area (Å²) in [6.45, 7) is 2.23. The Hall–Kier alpha value is -1.78. The van der Waals surface area contributed by atoms with Crippen LogP contribution in [0.5, 0.6) is 0 Å². The summed E-state index contributed by atoms with van der Waals surface area (Å²) in [5.74, 6) is 0. The van der Waals surface area contributed by atoms with Crippen LogP contribution in [0.15, 0.2) is 53.4 Å². The fourth-order valence-electron chi connectivity index (χ4n) is 2.31. The highest BCUT2D eigenvalue weighted by molar-refractivity contribution is 7.92. The lowest BCUT2D eigenvalue weighted by Crippen LogP contribution is -2.33. The lowest BCUT2D eigenvalue weighted by Gasteiger charge is -2.27. The second-order valence-electron chi connectivity index (χ2n) is 4.95. The number of nitrogens with zero attached hydrogens (tertiary/aromatic N) is 1. The van der Waals surface area contributed by atoms with Crippen molar-refractivity contribution in [1.82, 2.24) is 0 Å². The molecule has 2 aromatic rings. The Morgan fingerprint density at radius 2 is 1.81 bits per heavy atom. The largest absolute Gasteiger partial charge is 0.264 e. The summed E-state index contributed by atoms with van der Waals surface area (Å²) in [7, 11) is -3.59. The van der Waals surface area contributed by atoms with Gasteiger partial charge in [0.25, 0.3) is 10.0 Å². The summed E-state index contributed by atoms with van der Waals surface area (Å²) < 4.78 is 27.0. The van der Waals surface area contributed by atoms with E-state index in [1.807, 2.05) is 25.1 Å². The van der Waals surface area contributed by atoms with E-state index in [2.05, 4.69) is 0 Å². The molecule has 0 aromatic heterocycles. The number of hydrogen-bond donors (Lipinski definition) is 0. The Balaban J connectivity index is 2.11. The van der Waals surface area contributed by atoms with Crippen molar-refractivity contribution in [3.63, 3.8) is 0 Å². The lowest BCUT2D eigenvalue weighted by atomic mass is 10.1. The average Bonchev–Trinajstić information content (AvgIpc) is 2.47. The number of aryl methyl sites for hydroxylation is 1. The van der Waals surface area contributed by atoms with Crippen molar-refractivity contribution in [2.45, 2.75) is 11.8 Å². The molecular formula is C16H14ClNO2S. The smallest absolute Gasteiger partial charge is 0.262 e. The molecule has 1 aliphatic heterocycles. The van der Waals surface area contributed by atoms with Gasteiger partial charge in [0.05, 0.1) is 17.1 Å². The summed E-state index contributed by atoms with van der Waals surface area (Å²) in [5, 5.41) is 0.521. The van der Waals surface area contributed by atoms with Gasteiger partial charge in [-0.15, -0.1) is 0 Å². The van der Waals surface area contributed by atoms with Crippen molar-refractivity contribution in [3.05, 3.63) is 64.7 Å². The van der Waals surface area contributed by atoms with Crippen LogP contribution < -0.4 is 4.31 Å². The van der Waals surface area contributed by atoms with Crippen molar-refractivity contribution < 1.29 is 8.42 Å². The van der Waals surface area contributed by atoms with Crippen LogP contribution in [0.2, 0.25) is 5.02 Å². The zero-order valence-electron chi connectivity index (χ0n) is 11.5. The number of fused-ring (bicyclic) bond motifs is 1. The monoisotopic (exact) mass is 319 g/mol. The van der Waals surface area contributed by atoms with Crippen LogP contribution in [-0.2, 0) is 10.0 Å². The molecule has 0 N–H and O–H groups in total. The molecule has 108 valence electrons. The van der Waals surface area contributed by atoms with Gasteiger partial charge in [-0.1, -0.05) is 47.5 Å². The number of hydrogen-bond acceptors (Lipinski definition) is 2. The van der Waals surface area contributed by atoms with Crippen LogP contribution in [0.4, 0.5) is 5.69 Å². The van der Waals surface area contributed by atoms with Crippen molar-refractivity contribution in [3.8, 4) is 0 Å². The summed E-state index contributed by atoms with van der Waals surface area (Å²) in [6.07, 6.45) is 3.74. The minimum Gasteiger partial charge on any atom is -0.262 e. The molecule has 1 aliphatic rings. The van der Waals surface area contributed by atoms with E-state index in [0.29, 0.717) is 17.3 Å². The van der Waals surface area contributed by atoms with Crippen LogP contribution >= 0.6 is 11.6 Å². The predicted molar refractivity (Wildman–Crippen MR) is 86.2 cm³/mol. The van der Waals surface area contributed by atoms with Crippen molar-refractivity contribution in [1.29, 1.82) is 0 Å². The molecular weight excluding hydrogens is 306 g/mol. The number of anilines is 1. The van der Waals surface area contributed by atoms with Gasteiger partial charge >= 0.3 is 0 Å². The molecule has 0 amide bonds. The molecule has 0 bridgehead atoms. The standard InChI is InChI=1S/C16H14ClNO2S/c1-12-4-8-15(9-5-12)21(19,20)18-10-2-3-13-6-7-14(17)11-16(13)18/h2-9,11H,10H2,1H3. The highest BCUT2D eigenvalue weighted by atomic mass is 35.5. The highest BCUT2D eigenvalue weighted by Gasteiger charge is 2.27. The van der Waals surface area contributed by atoms with E-state index < -0.39 is 10.0 Å². The Morgan fingerprint density at radius 3 is 2.52 bits per heavy atom. The average molecular weight is 320 g/mol. The fourth-order valence-corrected chi connectivity index (χ4v) is 3.91. The topological polar surface area (TPSA) is 37.4 Å². The molecule has 21 heavy (non-hydrogen) atoms. The molecule has 1 heterocycles. The minimum absolute atomic E-state index is 0.286. The van der Waals surface area contributed by atoms with E-state index in [0.717, 1.165) is 11.1 Å². The van der Waals surface area contributed by atoms with Gasteiger partial charge in [-0.2, -0.15) is 0 Å². The van der Waals surface area contributed by atoms with Crippen LogP contribution in [0, 0.1) is 6.92 Å². The second-order valence-corrected chi connectivity index (χ2v) is 7.25. The first-order chi connectivity index (χ1) is 9.98. The molecule has 0 radical (unpaired) electrons. The summed E-state index contributed by atoms with van der Waals surface area (Å²) in [6, 6.07) is 12.1. The first-order valence-corrected chi connectivity index (χ1v) is 8.36. The molecule has 0 fully saturated rings. The number of rotatable bonds is 2. The van der Waals surface area contributed by atoms with Crippen LogP contribution in [0.3, 0.4) is 0 Å². The van der Waals surface area contributed by atoms with Gasteiger partial charge in [0, 0.05) is 5.02 Å². The maximum Gasteiger partial charge on any atom is 0.264 e. The zero-order chi connectivity index (χ0) is 15.0. The quantitative estimate of drug-likeness (QED) is 0.842. The van der Waals surface area contributed by atoms with E-state index in [-0.39, 0.29) is 4.90 Å². The normalized spacial score (nSPS) is 14.1. The maximum atomic E-state index is 12.8. The van der Waals surface area contributed by atoms with E-state index in [4.69, 9.17) is 11.6 Å². The third kappa shape index (κ3) is 2.57. The molecule has 0 atom stereocenters. The van der Waals surface area contributed by atoms with Crippen molar-refractivity contribution in [2.75, 3.05) is 10.8 Å². The third-order valence-corrected chi connectivity index (χ3v) is 5.47. The van der Waals surface area contributed by atoms with Gasteiger partial charge in [0.2, 0.25) is 0 Å². The number of benzene rings is 2. The summed E-state index contributed by atoms with van der Waals surface area (Å²) in [5.41, 5.74) is 2.49. The Kier molecular flexibility index (Phi) is 3.51. The zero-order valence-corrected chi connectivity index (χ0v) is 13.0. The third-order valence-electron chi connectivity index (χ3n) is 3.44. The first-order valence-electron chi connectivity index (χ1n) is 6.54. The first kappa shape index (κ1) is 14.2. The van der Waals surface area contributed by atoms with Gasteiger partial charge in [-0.3, -0.25) is 4.31 Å². The van der Waals surface area contributed by atoms with Crippen LogP contribution in [0.25, 0.3) is 6.08 Å². The van der Waals surface area contributed by atoms with E-state index in [9.17, 15) is 8.42 Å². The lowest BCUT2D eigenvalue weighted by molar-refractivity contribution is 0.592. The van der Waals surface area contributed by atoms with Gasteiger partial charge in [-0.25, -0.2) is 8.42 Å². The van der Waals surface area contributed by atoms with Crippen molar-refractivity contribution >= 4 is 33.4 Å². The maximum absolute atomic E-state index is 12.8. The van der Waals surface area contributed by atoms with Gasteiger partial charge < -0.3 is 0 Å². The Morgan fingerprint density at radius 1 is 1.10 bits per heavy atom. The molecule has 0 spiro atoms. The predicted octanol–water partition coefficient (Wildman–Crippen LogP) is 3.87. The van der Waals surface area contributed by atoms with Crippen LogP contribution in [-0.4, -0.2) is 15.0 Å². The van der Waals surface area contributed by atoms with Gasteiger partial charge in [0.15, 0.2) is 0 Å². The fraction of sp³-hybridized carbons (Fsp3) is 0.125. The van der Waals surface area contributed by atoms with E-state index in [1.165, 1.54) is 4.31 Å². The number of halogens is 1. The highest BCUT2D eigenvalue weighted by Crippen LogP contribution is 2.33. The SMILES string of the molecule is Cc1ccc(S(=O)(=O)N2CC=Cc3ccc(Cl)cc32)cc1. The molecule has 5 heteroatoms. The van der Waals surface area contributed by atoms with Crippen LogP contribution in [0.1, 0.15) is 11.1 Å². The molecule has 2 aromatic carbocycles. The molecule has 3 rings (SSSR count). The summed E-state index contributed by atoms with van der Waals surface area (Å²) in [4.78, 5) is 0.286. The van der Waals surface area contributed by atoms with E-state index in [1.54, 1.807) is 36.4 Å². The second kappa shape index (κ2) is 5.20. The Labute approximate surface area is 129 Å². The number of sulfonamides is 1. The molecule has 0 saturated heterocycles. The molecule has 0 saturated carbocycles. The summed E-state index contributed by atoms with van der Waals surface area (Å²) >= 11 is 6.01. The van der Waals surface area contributed by atoms with Crippen molar-refractivity contribution in [2.24, 2.45) is 0 Å². The van der Waals surface area contributed by atoms with Gasteiger partial charge in [-0.05, 0) is 36.8 Å². The molecule has 0 unspecified atom stereocenters. The van der Waals surface area contributed by atoms with Gasteiger partial charge in [0.1, 0.15) is 0 Å².